The highest BCUT2D eigenvalue weighted by Crippen LogP contribution is 2.37. The summed E-state index contributed by atoms with van der Waals surface area (Å²) in [6, 6.07) is 14.9. The lowest BCUT2D eigenvalue weighted by molar-refractivity contribution is 0.123. The van der Waals surface area contributed by atoms with Gasteiger partial charge in [0.2, 0.25) is 5.95 Å². The van der Waals surface area contributed by atoms with Crippen molar-refractivity contribution < 1.29 is 15.0 Å². The van der Waals surface area contributed by atoms with Gasteiger partial charge in [-0.2, -0.15) is 10.1 Å². The van der Waals surface area contributed by atoms with Crippen molar-refractivity contribution in [2.75, 3.05) is 63.4 Å². The molecule has 2 aromatic carbocycles. The SMILES string of the molecule is [2H]C([2H])N(Cc1cn(-c2ccnc(Nc3cc(N)c(N4CCOCC4)cc3OC)n2)nc1-c1ccccc1)C([2H])[2H]. The van der Waals surface area contributed by atoms with Crippen molar-refractivity contribution in [3.8, 4) is 22.8 Å². The molecule has 1 aliphatic rings. The maximum atomic E-state index is 7.78. The van der Waals surface area contributed by atoms with Crippen LogP contribution in [0.3, 0.4) is 0 Å². The molecule has 1 saturated heterocycles. The number of hydrogen-bond donors (Lipinski definition) is 2. The molecule has 1 fully saturated rings. The summed E-state index contributed by atoms with van der Waals surface area (Å²) in [6.45, 7) is -0.157. The van der Waals surface area contributed by atoms with E-state index in [0.717, 1.165) is 29.2 Å². The largest absolute Gasteiger partial charge is 0.494 e. The normalized spacial score (nSPS) is 15.4. The van der Waals surface area contributed by atoms with Crippen LogP contribution in [0.4, 0.5) is 23.0 Å². The van der Waals surface area contributed by atoms with Gasteiger partial charge in [0.1, 0.15) is 5.75 Å². The zero-order chi connectivity index (χ0) is 28.9. The van der Waals surface area contributed by atoms with Gasteiger partial charge in [-0.05, 0) is 20.1 Å². The minimum absolute atomic E-state index is 0.0295. The third kappa shape index (κ3) is 5.50. The number of nitrogens with one attached hydrogen (secondary N) is 1. The summed E-state index contributed by atoms with van der Waals surface area (Å²) in [6.07, 6.45) is 3.34. The van der Waals surface area contributed by atoms with E-state index in [1.54, 1.807) is 36.3 Å². The molecule has 10 heteroatoms. The molecule has 0 unspecified atom stereocenters. The van der Waals surface area contributed by atoms with E-state index in [0.29, 0.717) is 53.4 Å². The minimum Gasteiger partial charge on any atom is -0.494 e. The second-order valence-electron chi connectivity index (χ2n) is 8.56. The maximum absolute atomic E-state index is 7.78. The summed E-state index contributed by atoms with van der Waals surface area (Å²) < 4.78 is 43.8. The summed E-state index contributed by atoms with van der Waals surface area (Å²) in [7, 11) is 1.59. The summed E-state index contributed by atoms with van der Waals surface area (Å²) in [5.74, 6) is 1.35. The highest BCUT2D eigenvalue weighted by Gasteiger charge is 2.18. The highest BCUT2D eigenvalue weighted by atomic mass is 16.5. The Bertz CT molecular complexity index is 1460. The Balaban J connectivity index is 1.46. The molecule has 0 bridgehead atoms. The van der Waals surface area contributed by atoms with Crippen molar-refractivity contribution in [1.82, 2.24) is 24.6 Å². The van der Waals surface area contributed by atoms with E-state index in [4.69, 9.17) is 25.8 Å². The monoisotopic (exact) mass is 504 g/mol. The Morgan fingerprint density at radius 3 is 2.73 bits per heavy atom. The van der Waals surface area contributed by atoms with Crippen LogP contribution in [0.2, 0.25) is 0 Å². The van der Waals surface area contributed by atoms with Gasteiger partial charge in [0.15, 0.2) is 5.82 Å². The molecule has 1 aliphatic heterocycles. The molecule has 2 aromatic heterocycles. The Kier molecular flexibility index (Phi) is 5.86. The summed E-state index contributed by atoms with van der Waals surface area (Å²) in [4.78, 5) is 12.3. The third-order valence-corrected chi connectivity index (χ3v) is 6.01. The Hall–Kier alpha value is -4.15. The van der Waals surface area contributed by atoms with Crippen LogP contribution in [0.1, 0.15) is 11.0 Å². The number of methoxy groups -OCH3 is 1. The van der Waals surface area contributed by atoms with Crippen molar-refractivity contribution in [2.24, 2.45) is 0 Å². The van der Waals surface area contributed by atoms with Gasteiger partial charge in [-0.1, -0.05) is 30.3 Å². The number of nitrogens with zero attached hydrogens (tertiary/aromatic N) is 6. The summed E-state index contributed by atoms with van der Waals surface area (Å²) in [5.41, 5.74) is 10.6. The molecule has 0 amide bonds. The van der Waals surface area contributed by atoms with Gasteiger partial charge in [0, 0.05) is 60.8 Å². The average Bonchev–Trinajstić information content (AvgIpc) is 3.41. The molecular weight excluding hydrogens is 468 g/mol. The van der Waals surface area contributed by atoms with E-state index >= 15 is 0 Å². The number of benzene rings is 2. The Morgan fingerprint density at radius 1 is 1.16 bits per heavy atom. The Morgan fingerprint density at radius 2 is 1.97 bits per heavy atom. The second kappa shape index (κ2) is 10.9. The standard InChI is InChI=1S/C27H32N8O2/c1-33(2)17-20-18-35(32-26(20)19-7-5-4-6-8-19)25-9-10-29-27(31-25)30-22-15-21(28)23(16-24(22)36-3)34-11-13-37-14-12-34/h4-10,15-16,18H,11-14,17,28H2,1-3H3,(H,29,30,31)/i1D2,2D2. The van der Waals surface area contributed by atoms with E-state index < -0.39 is 14.0 Å². The number of rotatable bonds is 8. The first-order valence-electron chi connectivity index (χ1n) is 14.1. The van der Waals surface area contributed by atoms with Crippen LogP contribution in [0.15, 0.2) is 60.9 Å². The van der Waals surface area contributed by atoms with E-state index in [2.05, 4.69) is 20.2 Å². The molecule has 3 heterocycles. The second-order valence-corrected chi connectivity index (χ2v) is 8.56. The van der Waals surface area contributed by atoms with Gasteiger partial charge < -0.3 is 30.3 Å². The number of anilines is 4. The van der Waals surface area contributed by atoms with Crippen molar-refractivity contribution in [1.29, 1.82) is 0 Å². The van der Waals surface area contributed by atoms with Crippen molar-refractivity contribution in [3.05, 3.63) is 66.5 Å². The maximum Gasteiger partial charge on any atom is 0.229 e. The first-order valence-corrected chi connectivity index (χ1v) is 11.8. The first-order chi connectivity index (χ1) is 19.8. The van der Waals surface area contributed by atoms with Crippen LogP contribution in [-0.4, -0.2) is 72.1 Å². The molecule has 10 nitrogen and oxygen atoms in total. The fourth-order valence-electron chi connectivity index (χ4n) is 4.27. The lowest BCUT2D eigenvalue weighted by Crippen LogP contribution is -2.36. The molecule has 0 atom stereocenters. The number of hydrogen-bond acceptors (Lipinski definition) is 9. The van der Waals surface area contributed by atoms with Gasteiger partial charge in [-0.15, -0.1) is 0 Å². The van der Waals surface area contributed by atoms with Crippen molar-refractivity contribution in [3.63, 3.8) is 0 Å². The predicted molar refractivity (Wildman–Crippen MR) is 146 cm³/mol. The molecule has 0 aliphatic carbocycles. The summed E-state index contributed by atoms with van der Waals surface area (Å²) >= 11 is 0. The quantitative estimate of drug-likeness (QED) is 0.348. The Labute approximate surface area is 222 Å². The van der Waals surface area contributed by atoms with Crippen LogP contribution >= 0.6 is 0 Å². The predicted octanol–water partition coefficient (Wildman–Crippen LogP) is 3.56. The van der Waals surface area contributed by atoms with Crippen LogP contribution in [0.5, 0.6) is 5.75 Å². The molecule has 0 saturated carbocycles. The van der Waals surface area contributed by atoms with Gasteiger partial charge in [0.05, 0.1) is 43.1 Å². The molecule has 37 heavy (non-hydrogen) atoms. The van der Waals surface area contributed by atoms with E-state index in [1.165, 1.54) is 0 Å². The molecular formula is C27H32N8O2. The number of ether oxygens (including phenoxy) is 2. The molecule has 0 spiro atoms. The van der Waals surface area contributed by atoms with Gasteiger partial charge in [0.25, 0.3) is 0 Å². The lowest BCUT2D eigenvalue weighted by Gasteiger charge is -2.30. The molecule has 4 aromatic rings. The smallest absolute Gasteiger partial charge is 0.229 e. The first kappa shape index (κ1) is 20.0. The number of nitrogens with two attached hydrogens (primary N) is 1. The zero-order valence-electron chi connectivity index (χ0n) is 24.5. The third-order valence-electron chi connectivity index (χ3n) is 6.01. The summed E-state index contributed by atoms with van der Waals surface area (Å²) in [5, 5.41) is 7.95. The number of morpholine rings is 1. The molecule has 0 radical (unpaired) electrons. The number of aromatic nitrogens is 4. The van der Waals surface area contributed by atoms with E-state index in [-0.39, 0.29) is 6.54 Å². The zero-order valence-corrected chi connectivity index (χ0v) is 20.5. The van der Waals surface area contributed by atoms with Gasteiger partial charge in [-0.3, -0.25) is 0 Å². The van der Waals surface area contributed by atoms with Crippen LogP contribution in [0, 0.1) is 0 Å². The van der Waals surface area contributed by atoms with Gasteiger partial charge in [-0.25, -0.2) is 9.67 Å². The average molecular weight is 505 g/mol. The van der Waals surface area contributed by atoms with E-state index in [9.17, 15) is 0 Å². The molecule has 5 rings (SSSR count). The topological polar surface area (TPSA) is 107 Å². The lowest BCUT2D eigenvalue weighted by atomic mass is 10.1. The highest BCUT2D eigenvalue weighted by molar-refractivity contribution is 5.79. The van der Waals surface area contributed by atoms with Gasteiger partial charge >= 0.3 is 0 Å². The fourth-order valence-corrected chi connectivity index (χ4v) is 4.27. The van der Waals surface area contributed by atoms with Crippen LogP contribution in [0.25, 0.3) is 17.1 Å². The van der Waals surface area contributed by atoms with Crippen molar-refractivity contribution >= 4 is 23.0 Å². The van der Waals surface area contributed by atoms with Crippen molar-refractivity contribution in [2.45, 2.75) is 6.54 Å². The fraction of sp³-hybridized carbons (Fsp3) is 0.296. The molecule has 3 N–H and O–H groups in total. The van der Waals surface area contributed by atoms with Crippen LogP contribution < -0.4 is 20.7 Å². The minimum atomic E-state index is -1.48. The van der Waals surface area contributed by atoms with Crippen LogP contribution in [-0.2, 0) is 11.3 Å². The number of nitrogen functional groups attached to an aromatic ring is 1. The van der Waals surface area contributed by atoms with E-state index in [1.807, 2.05) is 36.4 Å². The molecule has 192 valence electrons.